The fraction of sp³-hybridized carbons (Fsp3) is 0.0526. The molecule has 0 spiro atoms. The Morgan fingerprint density at radius 3 is 2.69 bits per heavy atom. The van der Waals surface area contributed by atoms with Gasteiger partial charge in [0.25, 0.3) is 5.91 Å². The van der Waals surface area contributed by atoms with Crippen LogP contribution in [0.15, 0.2) is 60.8 Å². The molecule has 0 bridgehead atoms. The van der Waals surface area contributed by atoms with Crippen molar-refractivity contribution in [2.75, 3.05) is 17.7 Å². The molecule has 132 valence electrons. The van der Waals surface area contributed by atoms with Gasteiger partial charge >= 0.3 is 0 Å². The van der Waals surface area contributed by atoms with Gasteiger partial charge in [-0.25, -0.2) is 9.37 Å². The number of hydrogen-bond acceptors (Lipinski definition) is 4. The minimum atomic E-state index is -0.352. The van der Waals surface area contributed by atoms with Crippen LogP contribution in [0.4, 0.5) is 21.6 Å². The summed E-state index contributed by atoms with van der Waals surface area (Å²) in [4.78, 5) is 16.6. The molecule has 0 unspecified atom stereocenters. The van der Waals surface area contributed by atoms with Crippen molar-refractivity contribution in [3.05, 3.63) is 77.2 Å². The molecular weight excluding hydrogens is 357 g/mol. The zero-order valence-corrected chi connectivity index (χ0v) is 14.5. The molecule has 0 aliphatic rings. The predicted octanol–water partition coefficient (Wildman–Crippen LogP) is 4.88. The van der Waals surface area contributed by atoms with Crippen molar-refractivity contribution in [2.24, 2.45) is 0 Å². The summed E-state index contributed by atoms with van der Waals surface area (Å²) < 4.78 is 18.4. The van der Waals surface area contributed by atoms with E-state index in [1.54, 1.807) is 42.5 Å². The molecule has 0 radical (unpaired) electrons. The van der Waals surface area contributed by atoms with Gasteiger partial charge in [-0.05, 0) is 48.5 Å². The summed E-state index contributed by atoms with van der Waals surface area (Å²) in [6.07, 6.45) is 1.42. The third kappa shape index (κ3) is 4.29. The van der Waals surface area contributed by atoms with E-state index in [9.17, 15) is 9.18 Å². The first kappa shape index (κ1) is 17.7. The largest absolute Gasteiger partial charge is 0.495 e. The van der Waals surface area contributed by atoms with Crippen molar-refractivity contribution in [1.82, 2.24) is 4.98 Å². The zero-order valence-electron chi connectivity index (χ0n) is 13.8. The van der Waals surface area contributed by atoms with E-state index in [0.717, 1.165) is 0 Å². The monoisotopic (exact) mass is 371 g/mol. The first-order chi connectivity index (χ1) is 12.5. The van der Waals surface area contributed by atoms with Crippen LogP contribution >= 0.6 is 11.6 Å². The molecule has 3 rings (SSSR count). The van der Waals surface area contributed by atoms with E-state index in [1.165, 1.54) is 25.4 Å². The van der Waals surface area contributed by atoms with Gasteiger partial charge in [-0.15, -0.1) is 0 Å². The normalized spacial score (nSPS) is 10.3. The molecule has 0 atom stereocenters. The Bertz CT molecular complexity index is 932. The Balaban J connectivity index is 1.72. The fourth-order valence-corrected chi connectivity index (χ4v) is 2.46. The van der Waals surface area contributed by atoms with Crippen LogP contribution in [-0.2, 0) is 0 Å². The van der Waals surface area contributed by atoms with Crippen molar-refractivity contribution in [2.45, 2.75) is 0 Å². The topological polar surface area (TPSA) is 63.2 Å². The quantitative estimate of drug-likeness (QED) is 0.671. The van der Waals surface area contributed by atoms with E-state index in [4.69, 9.17) is 16.3 Å². The fourth-order valence-electron chi connectivity index (χ4n) is 2.29. The van der Waals surface area contributed by atoms with E-state index in [2.05, 4.69) is 15.6 Å². The van der Waals surface area contributed by atoms with Gasteiger partial charge in [0.1, 0.15) is 17.4 Å². The summed E-state index contributed by atoms with van der Waals surface area (Å²) in [5.41, 5.74) is 1.39. The molecule has 0 aliphatic heterocycles. The van der Waals surface area contributed by atoms with Crippen LogP contribution in [0.2, 0.25) is 5.02 Å². The van der Waals surface area contributed by atoms with Crippen LogP contribution in [-0.4, -0.2) is 18.0 Å². The van der Waals surface area contributed by atoms with Crippen molar-refractivity contribution in [3.8, 4) is 5.75 Å². The molecule has 1 heterocycles. The molecule has 0 saturated heterocycles. The second kappa shape index (κ2) is 7.84. The highest BCUT2D eigenvalue weighted by Gasteiger charge is 2.11. The SMILES string of the molecule is COc1ccc(Cl)cc1NC(=O)c1ccc(Nc2cccc(F)c2)nc1. The van der Waals surface area contributed by atoms with Gasteiger partial charge in [0.2, 0.25) is 0 Å². The summed E-state index contributed by atoms with van der Waals surface area (Å²) in [5, 5.41) is 6.18. The van der Waals surface area contributed by atoms with Crippen LogP contribution < -0.4 is 15.4 Å². The molecule has 7 heteroatoms. The Morgan fingerprint density at radius 2 is 2.00 bits per heavy atom. The first-order valence-electron chi connectivity index (χ1n) is 7.69. The molecule has 3 aromatic rings. The van der Waals surface area contributed by atoms with Gasteiger partial charge in [-0.3, -0.25) is 4.79 Å². The van der Waals surface area contributed by atoms with E-state index < -0.39 is 0 Å². The molecule has 1 amide bonds. The number of nitrogens with one attached hydrogen (secondary N) is 2. The maximum Gasteiger partial charge on any atom is 0.257 e. The highest BCUT2D eigenvalue weighted by Crippen LogP contribution is 2.28. The Kier molecular flexibility index (Phi) is 5.34. The lowest BCUT2D eigenvalue weighted by Gasteiger charge is -2.11. The first-order valence-corrected chi connectivity index (χ1v) is 8.06. The number of methoxy groups -OCH3 is 1. The summed E-state index contributed by atoms with van der Waals surface area (Å²) in [6, 6.07) is 14.2. The van der Waals surface area contributed by atoms with Crippen LogP contribution in [0, 0.1) is 5.82 Å². The Morgan fingerprint density at radius 1 is 1.15 bits per heavy atom. The van der Waals surface area contributed by atoms with E-state index in [1.807, 2.05) is 0 Å². The number of carbonyl (C=O) groups is 1. The molecule has 0 saturated carbocycles. The summed E-state index contributed by atoms with van der Waals surface area (Å²) in [7, 11) is 1.51. The van der Waals surface area contributed by atoms with E-state index >= 15 is 0 Å². The second-order valence-electron chi connectivity index (χ2n) is 5.37. The third-order valence-electron chi connectivity index (χ3n) is 3.53. The maximum absolute atomic E-state index is 13.2. The summed E-state index contributed by atoms with van der Waals surface area (Å²) >= 11 is 5.96. The van der Waals surface area contributed by atoms with Crippen molar-refractivity contribution in [3.63, 3.8) is 0 Å². The van der Waals surface area contributed by atoms with Gasteiger partial charge in [-0.1, -0.05) is 17.7 Å². The van der Waals surface area contributed by atoms with Crippen LogP contribution in [0.1, 0.15) is 10.4 Å². The van der Waals surface area contributed by atoms with Gasteiger partial charge < -0.3 is 15.4 Å². The molecule has 5 nitrogen and oxygen atoms in total. The van der Waals surface area contributed by atoms with Crippen molar-refractivity contribution < 1.29 is 13.9 Å². The smallest absolute Gasteiger partial charge is 0.257 e. The standard InChI is InChI=1S/C19H15ClFN3O2/c1-26-17-7-6-13(20)9-16(17)24-19(25)12-5-8-18(22-11-12)23-15-4-2-3-14(21)10-15/h2-11H,1H3,(H,22,23)(H,24,25). The lowest BCUT2D eigenvalue weighted by atomic mass is 10.2. The highest BCUT2D eigenvalue weighted by molar-refractivity contribution is 6.31. The number of rotatable bonds is 5. The number of halogens is 2. The highest BCUT2D eigenvalue weighted by atomic mass is 35.5. The number of aromatic nitrogens is 1. The van der Waals surface area contributed by atoms with E-state index in [0.29, 0.717) is 33.5 Å². The Hall–Kier alpha value is -3.12. The zero-order chi connectivity index (χ0) is 18.5. The van der Waals surface area contributed by atoms with E-state index in [-0.39, 0.29) is 11.7 Å². The predicted molar refractivity (Wildman–Crippen MR) is 99.9 cm³/mol. The molecule has 2 aromatic carbocycles. The number of amides is 1. The number of hydrogen-bond donors (Lipinski definition) is 2. The van der Waals surface area contributed by atoms with Gasteiger partial charge in [-0.2, -0.15) is 0 Å². The van der Waals surface area contributed by atoms with Gasteiger partial charge in [0, 0.05) is 16.9 Å². The van der Waals surface area contributed by atoms with Gasteiger partial charge in [0.05, 0.1) is 18.4 Å². The third-order valence-corrected chi connectivity index (χ3v) is 3.77. The minimum Gasteiger partial charge on any atom is -0.495 e. The molecule has 26 heavy (non-hydrogen) atoms. The average molecular weight is 372 g/mol. The van der Waals surface area contributed by atoms with Crippen LogP contribution in [0.3, 0.4) is 0 Å². The molecule has 1 aromatic heterocycles. The summed E-state index contributed by atoms with van der Waals surface area (Å²) in [5.74, 6) is 0.296. The number of nitrogens with zero attached hydrogens (tertiary/aromatic N) is 1. The lowest BCUT2D eigenvalue weighted by Crippen LogP contribution is -2.13. The average Bonchev–Trinajstić information content (AvgIpc) is 2.62. The van der Waals surface area contributed by atoms with Crippen LogP contribution in [0.25, 0.3) is 0 Å². The number of ether oxygens (including phenoxy) is 1. The number of anilines is 3. The minimum absolute atomic E-state index is 0.346. The van der Waals surface area contributed by atoms with Crippen LogP contribution in [0.5, 0.6) is 5.75 Å². The number of carbonyl (C=O) groups excluding carboxylic acids is 1. The van der Waals surface area contributed by atoms with Crippen molar-refractivity contribution >= 4 is 34.7 Å². The number of benzene rings is 2. The van der Waals surface area contributed by atoms with Gasteiger partial charge in [0.15, 0.2) is 0 Å². The maximum atomic E-state index is 13.2. The second-order valence-corrected chi connectivity index (χ2v) is 5.80. The Labute approximate surface area is 154 Å². The lowest BCUT2D eigenvalue weighted by molar-refractivity contribution is 0.102. The molecular formula is C19H15ClFN3O2. The summed E-state index contributed by atoms with van der Waals surface area (Å²) in [6.45, 7) is 0. The number of pyridine rings is 1. The van der Waals surface area contributed by atoms with Crippen molar-refractivity contribution in [1.29, 1.82) is 0 Å². The molecule has 2 N–H and O–H groups in total. The molecule has 0 aliphatic carbocycles. The molecule has 0 fully saturated rings.